The summed E-state index contributed by atoms with van der Waals surface area (Å²) in [4.78, 5) is 17.0. The topological polar surface area (TPSA) is 43.8 Å². The maximum atomic E-state index is 12.0. The van der Waals surface area contributed by atoms with E-state index in [4.69, 9.17) is 0 Å². The smallest absolute Gasteiger partial charge is 0.310 e. The lowest BCUT2D eigenvalue weighted by Crippen LogP contribution is -2.48. The van der Waals surface area contributed by atoms with Gasteiger partial charge in [0.05, 0.1) is 5.41 Å². The molecule has 2 aromatic rings. The summed E-state index contributed by atoms with van der Waals surface area (Å²) < 4.78 is 0. The largest absolute Gasteiger partial charge is 0.481 e. The van der Waals surface area contributed by atoms with Crippen molar-refractivity contribution in [1.82, 2.24) is 4.90 Å². The highest BCUT2D eigenvalue weighted by molar-refractivity contribution is 5.83. The zero-order valence-corrected chi connectivity index (χ0v) is 17.0. The first-order valence-corrected chi connectivity index (χ1v) is 10.3. The molecule has 0 aromatic heterocycles. The van der Waals surface area contributed by atoms with E-state index in [1.165, 1.54) is 5.69 Å². The number of aliphatic carboxylic acids is 1. The number of nitrogens with zero attached hydrogens (tertiary/aromatic N) is 2. The van der Waals surface area contributed by atoms with Crippen LogP contribution in [0.25, 0.3) is 0 Å². The predicted molar refractivity (Wildman–Crippen MR) is 113 cm³/mol. The van der Waals surface area contributed by atoms with Crippen LogP contribution in [0.2, 0.25) is 0 Å². The first kappa shape index (κ1) is 19.0. The number of benzene rings is 2. The van der Waals surface area contributed by atoms with Crippen molar-refractivity contribution in [3.8, 4) is 0 Å². The van der Waals surface area contributed by atoms with Gasteiger partial charge in [-0.1, -0.05) is 42.5 Å². The third-order valence-electron chi connectivity index (χ3n) is 6.80. The van der Waals surface area contributed by atoms with Crippen molar-refractivity contribution in [3.63, 3.8) is 0 Å². The number of anilines is 1. The van der Waals surface area contributed by atoms with Crippen molar-refractivity contribution in [2.75, 3.05) is 31.1 Å². The molecule has 1 heterocycles. The summed E-state index contributed by atoms with van der Waals surface area (Å²) in [5.74, 6) is -0.647. The number of carbonyl (C=O) groups is 1. The minimum atomic E-state index is -0.730. The molecule has 0 bridgehead atoms. The molecule has 1 saturated carbocycles. The Morgan fingerprint density at radius 2 is 1.46 bits per heavy atom. The molecule has 1 aliphatic carbocycles. The molecule has 0 radical (unpaired) electrons. The summed E-state index contributed by atoms with van der Waals surface area (Å²) in [7, 11) is 0. The SMILES string of the molecule is CC(C)N1CCN(c2ccc([C@H]3[C@H](c4ccccc4)[C@@]3(C)C(=O)O)cc2)CC1. The lowest BCUT2D eigenvalue weighted by Gasteiger charge is -2.38. The van der Waals surface area contributed by atoms with Gasteiger partial charge in [-0.2, -0.15) is 0 Å². The van der Waals surface area contributed by atoms with Gasteiger partial charge in [0, 0.05) is 49.7 Å². The van der Waals surface area contributed by atoms with Crippen molar-refractivity contribution < 1.29 is 9.90 Å². The second-order valence-electron chi connectivity index (χ2n) is 8.66. The highest BCUT2D eigenvalue weighted by Gasteiger charge is 2.67. The standard InChI is InChI=1S/C24H30N2O2/c1-17(2)25-13-15-26(16-14-25)20-11-9-19(10-12-20)22-21(24(22,3)23(27)28)18-7-5-4-6-8-18/h4-12,17,21-22H,13-16H2,1-3H3,(H,27,28)/t21-,22-,24+/m0/s1. The van der Waals surface area contributed by atoms with Gasteiger partial charge in [0.2, 0.25) is 0 Å². The van der Waals surface area contributed by atoms with Crippen molar-refractivity contribution in [2.45, 2.75) is 38.6 Å². The number of hydrogen-bond acceptors (Lipinski definition) is 3. The maximum Gasteiger partial charge on any atom is 0.310 e. The number of rotatable bonds is 5. The van der Waals surface area contributed by atoms with Crippen molar-refractivity contribution in [3.05, 3.63) is 65.7 Å². The van der Waals surface area contributed by atoms with Crippen molar-refractivity contribution in [2.24, 2.45) is 5.41 Å². The molecule has 4 heteroatoms. The first-order chi connectivity index (χ1) is 13.4. The molecule has 28 heavy (non-hydrogen) atoms. The van der Waals surface area contributed by atoms with Crippen LogP contribution in [0.4, 0.5) is 5.69 Å². The monoisotopic (exact) mass is 378 g/mol. The van der Waals surface area contributed by atoms with Crippen LogP contribution in [-0.4, -0.2) is 48.2 Å². The Morgan fingerprint density at radius 1 is 0.929 bits per heavy atom. The summed E-state index contributed by atoms with van der Waals surface area (Å²) in [5, 5.41) is 9.89. The third-order valence-corrected chi connectivity index (χ3v) is 6.80. The van der Waals surface area contributed by atoms with Gasteiger partial charge < -0.3 is 10.0 Å². The summed E-state index contributed by atoms with van der Waals surface area (Å²) >= 11 is 0. The number of carboxylic acid groups (broad SMARTS) is 1. The predicted octanol–water partition coefficient (Wildman–Crippen LogP) is 4.19. The second kappa shape index (κ2) is 7.25. The average molecular weight is 379 g/mol. The van der Waals surface area contributed by atoms with E-state index in [9.17, 15) is 9.90 Å². The molecule has 4 rings (SSSR count). The molecule has 1 aliphatic heterocycles. The fourth-order valence-electron chi connectivity index (χ4n) is 4.91. The lowest BCUT2D eigenvalue weighted by atomic mass is 10.0. The zero-order valence-electron chi connectivity index (χ0n) is 17.0. The molecule has 2 aliphatic rings. The molecule has 0 unspecified atom stereocenters. The van der Waals surface area contributed by atoms with E-state index < -0.39 is 11.4 Å². The second-order valence-corrected chi connectivity index (χ2v) is 8.66. The van der Waals surface area contributed by atoms with Crippen molar-refractivity contribution in [1.29, 1.82) is 0 Å². The Labute approximate surface area is 167 Å². The highest BCUT2D eigenvalue weighted by Crippen LogP contribution is 2.70. The third kappa shape index (κ3) is 3.20. The fraction of sp³-hybridized carbons (Fsp3) is 0.458. The van der Waals surface area contributed by atoms with E-state index >= 15 is 0 Å². The Kier molecular flexibility index (Phi) is 4.92. The lowest BCUT2D eigenvalue weighted by molar-refractivity contribution is -0.143. The number of hydrogen-bond donors (Lipinski definition) is 1. The Hall–Kier alpha value is -2.33. The number of piperazine rings is 1. The van der Waals surface area contributed by atoms with Crippen LogP contribution in [-0.2, 0) is 4.79 Å². The highest BCUT2D eigenvalue weighted by atomic mass is 16.4. The first-order valence-electron chi connectivity index (χ1n) is 10.3. The minimum Gasteiger partial charge on any atom is -0.481 e. The summed E-state index contributed by atoms with van der Waals surface area (Å²) in [6.07, 6.45) is 0. The normalized spacial score (nSPS) is 27.8. The molecule has 1 N–H and O–H groups in total. The van der Waals surface area contributed by atoms with Crippen LogP contribution in [0.15, 0.2) is 54.6 Å². The Morgan fingerprint density at radius 3 is 1.96 bits per heavy atom. The van der Waals surface area contributed by atoms with Gasteiger partial charge in [-0.25, -0.2) is 0 Å². The molecule has 0 spiro atoms. The fourth-order valence-corrected chi connectivity index (χ4v) is 4.91. The van der Waals surface area contributed by atoms with E-state index in [-0.39, 0.29) is 11.8 Å². The summed E-state index contributed by atoms with van der Waals surface area (Å²) in [5.41, 5.74) is 2.75. The van der Waals surface area contributed by atoms with E-state index in [0.29, 0.717) is 6.04 Å². The van der Waals surface area contributed by atoms with Gasteiger partial charge in [0.15, 0.2) is 0 Å². The van der Waals surface area contributed by atoms with Gasteiger partial charge in [-0.3, -0.25) is 9.69 Å². The van der Waals surface area contributed by atoms with E-state index in [0.717, 1.165) is 37.3 Å². The van der Waals surface area contributed by atoms with Crippen LogP contribution < -0.4 is 4.90 Å². The van der Waals surface area contributed by atoms with E-state index in [2.05, 4.69) is 60.0 Å². The number of carboxylic acids is 1. The minimum absolute atomic E-state index is 0.0271. The summed E-state index contributed by atoms with van der Waals surface area (Å²) in [6, 6.07) is 19.3. The molecule has 3 atom stereocenters. The quantitative estimate of drug-likeness (QED) is 0.847. The molecule has 2 aromatic carbocycles. The molecule has 1 saturated heterocycles. The molecule has 148 valence electrons. The van der Waals surface area contributed by atoms with Gasteiger partial charge in [0.25, 0.3) is 0 Å². The van der Waals surface area contributed by atoms with Gasteiger partial charge in [-0.15, -0.1) is 0 Å². The summed E-state index contributed by atoms with van der Waals surface area (Å²) in [6.45, 7) is 10.7. The van der Waals surface area contributed by atoms with Crippen LogP contribution >= 0.6 is 0 Å². The van der Waals surface area contributed by atoms with Gasteiger partial charge >= 0.3 is 5.97 Å². The van der Waals surface area contributed by atoms with Crippen LogP contribution in [0.3, 0.4) is 0 Å². The zero-order chi connectivity index (χ0) is 19.9. The van der Waals surface area contributed by atoms with Crippen molar-refractivity contribution >= 4 is 11.7 Å². The van der Waals surface area contributed by atoms with Gasteiger partial charge in [-0.05, 0) is 44.0 Å². The molecule has 0 amide bonds. The van der Waals surface area contributed by atoms with Crippen LogP contribution in [0, 0.1) is 5.41 Å². The van der Waals surface area contributed by atoms with Crippen LogP contribution in [0.1, 0.15) is 43.7 Å². The molecular formula is C24H30N2O2. The van der Waals surface area contributed by atoms with E-state index in [1.54, 1.807) is 0 Å². The Bertz CT molecular complexity index is 825. The molecule has 4 nitrogen and oxygen atoms in total. The van der Waals surface area contributed by atoms with Crippen LogP contribution in [0.5, 0.6) is 0 Å². The maximum absolute atomic E-state index is 12.0. The molecule has 2 fully saturated rings. The van der Waals surface area contributed by atoms with E-state index in [1.807, 2.05) is 25.1 Å². The Balaban J connectivity index is 1.51. The molecular weight excluding hydrogens is 348 g/mol. The van der Waals surface area contributed by atoms with Gasteiger partial charge in [0.1, 0.15) is 0 Å². The average Bonchev–Trinajstić information content (AvgIpc) is 3.36.